The van der Waals surface area contributed by atoms with E-state index in [1.54, 1.807) is 7.11 Å². The summed E-state index contributed by atoms with van der Waals surface area (Å²) in [7, 11) is 1.57. The average molecular weight is 358 g/mol. The second-order valence-corrected chi connectivity index (χ2v) is 11.1. The topological polar surface area (TPSA) is 29.5 Å². The van der Waals surface area contributed by atoms with Crippen LogP contribution in [0.2, 0.25) is 0 Å². The van der Waals surface area contributed by atoms with Gasteiger partial charge in [0.2, 0.25) is 0 Å². The van der Waals surface area contributed by atoms with Crippen LogP contribution in [0.1, 0.15) is 71.6 Å². The minimum absolute atomic E-state index is 0.0172. The van der Waals surface area contributed by atoms with Gasteiger partial charge < -0.3 is 4.74 Å². The van der Waals surface area contributed by atoms with Crippen molar-refractivity contribution in [2.24, 2.45) is 39.9 Å². The number of carbonyl (C=O) groups excluding carboxylic acids is 1. The summed E-state index contributed by atoms with van der Waals surface area (Å²) in [4.78, 5) is 15.3. The minimum atomic E-state index is 0.0172. The molecular formula is C23H35NO2. The molecule has 3 nitrogen and oxygen atoms in total. The lowest BCUT2D eigenvalue weighted by Gasteiger charge is -2.77. The van der Waals surface area contributed by atoms with Crippen molar-refractivity contribution in [2.45, 2.75) is 83.7 Å². The highest BCUT2D eigenvalue weighted by atomic mass is 16.5. The van der Waals surface area contributed by atoms with Crippen LogP contribution in [0, 0.1) is 39.9 Å². The van der Waals surface area contributed by atoms with Crippen molar-refractivity contribution >= 4 is 5.97 Å². The number of nitrogens with zero attached hydrogens (tertiary/aromatic N) is 1. The highest BCUT2D eigenvalue weighted by molar-refractivity contribution is 5.69. The molecular weight excluding hydrogens is 322 g/mol. The van der Waals surface area contributed by atoms with Crippen molar-refractivity contribution in [3.63, 3.8) is 0 Å². The van der Waals surface area contributed by atoms with Gasteiger partial charge in [-0.25, -0.2) is 0 Å². The maximum absolute atomic E-state index is 12.2. The molecule has 5 unspecified atom stereocenters. The van der Waals surface area contributed by atoms with E-state index >= 15 is 0 Å². The van der Waals surface area contributed by atoms with E-state index in [1.165, 1.54) is 51.5 Å². The van der Waals surface area contributed by atoms with Gasteiger partial charge in [0.15, 0.2) is 0 Å². The molecule has 0 aromatic carbocycles. The Morgan fingerprint density at radius 1 is 1.15 bits per heavy atom. The third kappa shape index (κ3) is 1.47. The Labute approximate surface area is 158 Å². The van der Waals surface area contributed by atoms with Crippen molar-refractivity contribution in [3.8, 4) is 0 Å². The lowest BCUT2D eigenvalue weighted by Crippen LogP contribution is -2.79. The lowest BCUT2D eigenvalue weighted by atomic mass is 9.34. The fraction of sp³-hybridized carbons (Fsp3) is 0.957. The van der Waals surface area contributed by atoms with Crippen LogP contribution in [-0.4, -0.2) is 36.6 Å². The molecule has 6 bridgehead atoms. The number of carbonyl (C=O) groups is 1. The molecule has 4 saturated carbocycles. The first-order chi connectivity index (χ1) is 12.5. The van der Waals surface area contributed by atoms with E-state index in [9.17, 15) is 4.79 Å². The van der Waals surface area contributed by atoms with Gasteiger partial charge in [0, 0.05) is 25.0 Å². The molecule has 3 aliphatic heterocycles. The van der Waals surface area contributed by atoms with Crippen molar-refractivity contribution in [1.82, 2.24) is 4.90 Å². The van der Waals surface area contributed by atoms with Gasteiger partial charge in [-0.1, -0.05) is 20.3 Å². The zero-order valence-electron chi connectivity index (χ0n) is 16.8. The molecule has 7 rings (SSSR count). The first-order valence-electron chi connectivity index (χ1n) is 11.3. The second kappa shape index (κ2) is 4.88. The van der Waals surface area contributed by atoms with E-state index in [-0.39, 0.29) is 5.97 Å². The molecule has 7 fully saturated rings. The quantitative estimate of drug-likeness (QED) is 0.707. The molecule has 7 aliphatic rings. The summed E-state index contributed by atoms with van der Waals surface area (Å²) in [6.45, 7) is 6.53. The van der Waals surface area contributed by atoms with Crippen molar-refractivity contribution in [3.05, 3.63) is 0 Å². The van der Waals surface area contributed by atoms with Gasteiger partial charge in [-0.05, 0) is 84.9 Å². The molecule has 144 valence electrons. The number of piperidine rings is 2. The van der Waals surface area contributed by atoms with Crippen LogP contribution in [0.25, 0.3) is 0 Å². The SMILES string of the molecule is COC(=O)CC[C@]12C3C4CCC1(C)C1CC[C@@]5(CCC[C@H]52)C1N3C[C@H]4C. The molecule has 3 heteroatoms. The standard InChI is InChI=1S/C23H35NO2/c1-14-13-24-19-15(14)6-10-21(2)16-7-11-22(20(16)24)9-4-5-17(22)23(19,21)12-8-18(25)26-3/h14-17,19-20H,4-13H2,1-3H3/t14-,15?,16?,17-,19?,20?,21?,22-,23+/m1/s1. The van der Waals surface area contributed by atoms with Crippen LogP contribution >= 0.6 is 0 Å². The van der Waals surface area contributed by atoms with Crippen LogP contribution in [0.3, 0.4) is 0 Å². The summed E-state index contributed by atoms with van der Waals surface area (Å²) in [5.41, 5.74) is 1.44. The zero-order valence-corrected chi connectivity index (χ0v) is 16.8. The van der Waals surface area contributed by atoms with Gasteiger partial charge in [0.25, 0.3) is 0 Å². The van der Waals surface area contributed by atoms with Gasteiger partial charge in [-0.2, -0.15) is 0 Å². The third-order valence-corrected chi connectivity index (χ3v) is 11.1. The van der Waals surface area contributed by atoms with E-state index in [0.717, 1.165) is 42.2 Å². The number of esters is 1. The molecule has 9 atom stereocenters. The third-order valence-electron chi connectivity index (χ3n) is 11.1. The summed E-state index contributed by atoms with van der Waals surface area (Å²) in [5.74, 6) is 3.50. The maximum atomic E-state index is 12.2. The molecule has 3 saturated heterocycles. The van der Waals surface area contributed by atoms with E-state index < -0.39 is 0 Å². The Morgan fingerprint density at radius 3 is 2.81 bits per heavy atom. The van der Waals surface area contributed by atoms with Crippen LogP contribution in [-0.2, 0) is 9.53 Å². The molecule has 0 N–H and O–H groups in total. The molecule has 3 heterocycles. The maximum Gasteiger partial charge on any atom is 0.305 e. The van der Waals surface area contributed by atoms with E-state index in [0.29, 0.717) is 22.7 Å². The summed E-state index contributed by atoms with van der Waals surface area (Å²) in [5, 5.41) is 0. The van der Waals surface area contributed by atoms with E-state index in [4.69, 9.17) is 4.74 Å². The molecule has 26 heavy (non-hydrogen) atoms. The number of hydrogen-bond acceptors (Lipinski definition) is 3. The summed E-state index contributed by atoms with van der Waals surface area (Å²) < 4.78 is 5.12. The predicted molar refractivity (Wildman–Crippen MR) is 100 cm³/mol. The minimum Gasteiger partial charge on any atom is -0.469 e. The largest absolute Gasteiger partial charge is 0.469 e. The highest BCUT2D eigenvalue weighted by Gasteiger charge is 2.82. The smallest absolute Gasteiger partial charge is 0.305 e. The van der Waals surface area contributed by atoms with Gasteiger partial charge in [0.1, 0.15) is 0 Å². The first kappa shape index (κ1) is 16.4. The normalized spacial score (nSPS) is 58.9. The number of methoxy groups -OCH3 is 1. The Morgan fingerprint density at radius 2 is 2.00 bits per heavy atom. The molecule has 4 aliphatic carbocycles. The molecule has 0 aromatic heterocycles. The van der Waals surface area contributed by atoms with Gasteiger partial charge >= 0.3 is 5.97 Å². The Balaban J connectivity index is 1.55. The Bertz CT molecular complexity index is 663. The zero-order chi connectivity index (χ0) is 17.9. The van der Waals surface area contributed by atoms with Crippen LogP contribution in [0.4, 0.5) is 0 Å². The van der Waals surface area contributed by atoms with Gasteiger partial charge in [0.05, 0.1) is 7.11 Å². The van der Waals surface area contributed by atoms with Crippen molar-refractivity contribution < 1.29 is 9.53 Å². The van der Waals surface area contributed by atoms with Crippen LogP contribution in [0.5, 0.6) is 0 Å². The Hall–Kier alpha value is -0.570. The summed E-state index contributed by atoms with van der Waals surface area (Å²) in [6.07, 6.45) is 11.9. The van der Waals surface area contributed by atoms with Crippen LogP contribution < -0.4 is 0 Å². The van der Waals surface area contributed by atoms with Gasteiger partial charge in [-0.15, -0.1) is 0 Å². The number of ether oxygens (including phenoxy) is 1. The van der Waals surface area contributed by atoms with E-state index in [2.05, 4.69) is 18.7 Å². The number of hydrogen-bond donors (Lipinski definition) is 0. The molecule has 0 amide bonds. The highest BCUT2D eigenvalue weighted by Crippen LogP contribution is 2.83. The first-order valence-corrected chi connectivity index (χ1v) is 11.3. The van der Waals surface area contributed by atoms with Crippen molar-refractivity contribution in [1.29, 1.82) is 0 Å². The van der Waals surface area contributed by atoms with Crippen LogP contribution in [0.15, 0.2) is 0 Å². The molecule has 1 spiro atoms. The van der Waals surface area contributed by atoms with E-state index in [1.807, 2.05) is 0 Å². The molecule has 0 radical (unpaired) electrons. The lowest BCUT2D eigenvalue weighted by molar-refractivity contribution is -0.283. The summed E-state index contributed by atoms with van der Waals surface area (Å²) in [6, 6.07) is 1.63. The second-order valence-electron chi connectivity index (χ2n) is 11.1. The number of rotatable bonds is 3. The predicted octanol–water partition coefficient (Wildman–Crippen LogP) is 4.25. The fourth-order valence-corrected chi connectivity index (χ4v) is 10.6. The summed E-state index contributed by atoms with van der Waals surface area (Å²) >= 11 is 0. The van der Waals surface area contributed by atoms with Gasteiger partial charge in [-0.3, -0.25) is 9.69 Å². The average Bonchev–Trinajstić information content (AvgIpc) is 3.31. The monoisotopic (exact) mass is 357 g/mol. The Kier molecular flexibility index (Phi) is 3.08. The fourth-order valence-electron chi connectivity index (χ4n) is 10.6. The molecule has 0 aromatic rings. The van der Waals surface area contributed by atoms with Crippen molar-refractivity contribution in [2.75, 3.05) is 13.7 Å².